The van der Waals surface area contributed by atoms with Gasteiger partial charge in [-0.25, -0.2) is 13.1 Å². The van der Waals surface area contributed by atoms with Gasteiger partial charge in [0.05, 0.1) is 4.90 Å². The van der Waals surface area contributed by atoms with E-state index in [2.05, 4.69) is 30.8 Å². The summed E-state index contributed by atoms with van der Waals surface area (Å²) in [7, 11) is -1.53. The highest BCUT2D eigenvalue weighted by molar-refractivity contribution is 7.89. The van der Waals surface area contributed by atoms with E-state index in [4.69, 9.17) is 0 Å². The third-order valence-electron chi connectivity index (χ3n) is 2.99. The first kappa shape index (κ1) is 15.6. The summed E-state index contributed by atoms with van der Waals surface area (Å²) in [5, 5.41) is 4.70. The van der Waals surface area contributed by atoms with Gasteiger partial charge in [-0.3, -0.25) is 0 Å². The van der Waals surface area contributed by atoms with Crippen LogP contribution in [0.5, 0.6) is 0 Å². The fourth-order valence-electron chi connectivity index (χ4n) is 1.27. The van der Waals surface area contributed by atoms with Crippen molar-refractivity contribution < 1.29 is 8.42 Å². The highest BCUT2D eigenvalue weighted by atomic mass is 32.2. The Morgan fingerprint density at radius 1 is 1.39 bits per heavy atom. The highest BCUT2D eigenvalue weighted by Gasteiger charge is 2.21. The molecule has 0 radical (unpaired) electrons. The van der Waals surface area contributed by atoms with E-state index in [1.165, 1.54) is 11.3 Å². The Morgan fingerprint density at radius 2 is 2.06 bits per heavy atom. The highest BCUT2D eigenvalue weighted by Crippen LogP contribution is 2.22. The van der Waals surface area contributed by atoms with Gasteiger partial charge in [0.1, 0.15) is 0 Å². The lowest BCUT2D eigenvalue weighted by Crippen LogP contribution is -2.33. The lowest BCUT2D eigenvalue weighted by atomic mass is 9.91. The van der Waals surface area contributed by atoms with Gasteiger partial charge in [-0.05, 0) is 24.9 Å². The molecular weight excluding hydrogens is 268 g/mol. The van der Waals surface area contributed by atoms with Gasteiger partial charge < -0.3 is 5.32 Å². The van der Waals surface area contributed by atoms with Gasteiger partial charge >= 0.3 is 0 Å². The van der Waals surface area contributed by atoms with Crippen LogP contribution in [-0.4, -0.2) is 22.0 Å². The van der Waals surface area contributed by atoms with E-state index in [-0.39, 0.29) is 5.41 Å². The van der Waals surface area contributed by atoms with Crippen molar-refractivity contribution in [2.24, 2.45) is 5.41 Å². The predicted molar refractivity (Wildman–Crippen MR) is 76.3 cm³/mol. The second kappa shape index (κ2) is 6.14. The lowest BCUT2D eigenvalue weighted by Gasteiger charge is -2.22. The summed E-state index contributed by atoms with van der Waals surface area (Å²) in [5.41, 5.74) is -0.0170. The third kappa shape index (κ3) is 4.35. The molecule has 1 aromatic heterocycles. The first-order valence-electron chi connectivity index (χ1n) is 6.02. The number of sulfonamides is 1. The van der Waals surface area contributed by atoms with E-state index < -0.39 is 10.0 Å². The Bertz CT molecular complexity index is 478. The van der Waals surface area contributed by atoms with Crippen molar-refractivity contribution in [2.75, 3.05) is 13.6 Å². The summed E-state index contributed by atoms with van der Waals surface area (Å²) in [4.78, 5) is 1.39. The quantitative estimate of drug-likeness (QED) is 0.809. The van der Waals surface area contributed by atoms with Crippen molar-refractivity contribution in [3.05, 3.63) is 16.3 Å². The van der Waals surface area contributed by atoms with Crippen LogP contribution in [-0.2, 0) is 16.6 Å². The van der Waals surface area contributed by atoms with Crippen molar-refractivity contribution in [2.45, 2.75) is 38.6 Å². The maximum Gasteiger partial charge on any atom is 0.241 e. The van der Waals surface area contributed by atoms with E-state index in [0.29, 0.717) is 18.0 Å². The normalized spacial score (nSPS) is 12.9. The Labute approximate surface area is 114 Å². The molecule has 0 amide bonds. The van der Waals surface area contributed by atoms with E-state index >= 15 is 0 Å². The van der Waals surface area contributed by atoms with E-state index in [0.717, 1.165) is 11.3 Å². The first-order chi connectivity index (χ1) is 8.30. The Hall–Kier alpha value is -0.430. The van der Waals surface area contributed by atoms with Crippen LogP contribution in [0.2, 0.25) is 0 Å². The molecular formula is C12H22N2O2S2. The average molecular weight is 290 g/mol. The minimum absolute atomic E-state index is 0.0170. The molecule has 0 aromatic carbocycles. The first-order valence-corrected chi connectivity index (χ1v) is 8.39. The van der Waals surface area contributed by atoms with Gasteiger partial charge in [-0.1, -0.05) is 20.8 Å². The standard InChI is InChI=1S/C12H22N2O2S2/c1-5-12(2,3)9-14-18(15,16)11-6-10(7-13-4)17-8-11/h6,8,13-14H,5,7,9H2,1-4H3. The number of hydrogen-bond acceptors (Lipinski definition) is 4. The zero-order chi connectivity index (χ0) is 13.8. The molecule has 1 rings (SSSR count). The van der Waals surface area contributed by atoms with E-state index in [1.807, 2.05) is 7.05 Å². The van der Waals surface area contributed by atoms with Crippen LogP contribution in [0.25, 0.3) is 0 Å². The molecule has 1 heterocycles. The second-order valence-corrected chi connectivity index (χ2v) is 7.88. The topological polar surface area (TPSA) is 58.2 Å². The van der Waals surface area contributed by atoms with Gasteiger partial charge in [0.25, 0.3) is 0 Å². The average Bonchev–Trinajstić information content (AvgIpc) is 2.77. The molecule has 0 bridgehead atoms. The van der Waals surface area contributed by atoms with Gasteiger partial charge in [-0.15, -0.1) is 11.3 Å². The fourth-order valence-corrected chi connectivity index (χ4v) is 3.80. The Morgan fingerprint density at radius 3 is 2.61 bits per heavy atom. The molecule has 0 spiro atoms. The molecule has 18 heavy (non-hydrogen) atoms. The predicted octanol–water partition coefficient (Wildman–Crippen LogP) is 2.18. The number of hydrogen-bond donors (Lipinski definition) is 2. The fraction of sp³-hybridized carbons (Fsp3) is 0.667. The largest absolute Gasteiger partial charge is 0.315 e. The molecule has 0 unspecified atom stereocenters. The zero-order valence-electron chi connectivity index (χ0n) is 11.4. The minimum Gasteiger partial charge on any atom is -0.315 e. The number of rotatable bonds is 7. The zero-order valence-corrected chi connectivity index (χ0v) is 13.0. The van der Waals surface area contributed by atoms with Crippen LogP contribution in [0.3, 0.4) is 0 Å². The number of thiophene rings is 1. The summed E-state index contributed by atoms with van der Waals surface area (Å²) < 4.78 is 26.9. The Balaban J connectivity index is 2.74. The monoisotopic (exact) mass is 290 g/mol. The molecule has 2 N–H and O–H groups in total. The lowest BCUT2D eigenvalue weighted by molar-refractivity contribution is 0.350. The van der Waals surface area contributed by atoms with Gasteiger partial charge in [0.15, 0.2) is 0 Å². The van der Waals surface area contributed by atoms with Crippen molar-refractivity contribution in [1.29, 1.82) is 0 Å². The molecule has 4 nitrogen and oxygen atoms in total. The molecule has 0 fully saturated rings. The Kier molecular flexibility index (Phi) is 5.33. The van der Waals surface area contributed by atoms with Crippen LogP contribution in [0.15, 0.2) is 16.3 Å². The van der Waals surface area contributed by atoms with Gasteiger partial charge in [0, 0.05) is 23.3 Å². The molecule has 104 valence electrons. The van der Waals surface area contributed by atoms with Crippen LogP contribution < -0.4 is 10.0 Å². The SMILES string of the molecule is CCC(C)(C)CNS(=O)(=O)c1csc(CNC)c1. The summed E-state index contributed by atoms with van der Waals surface area (Å²) in [6.45, 7) is 7.32. The van der Waals surface area contributed by atoms with Crippen LogP contribution in [0.1, 0.15) is 32.1 Å². The molecule has 0 saturated carbocycles. The maximum absolute atomic E-state index is 12.1. The molecule has 0 atom stereocenters. The summed E-state index contributed by atoms with van der Waals surface area (Å²) in [5.74, 6) is 0. The summed E-state index contributed by atoms with van der Waals surface area (Å²) in [6.07, 6.45) is 0.935. The molecule has 6 heteroatoms. The van der Waals surface area contributed by atoms with E-state index in [9.17, 15) is 8.42 Å². The van der Waals surface area contributed by atoms with Crippen molar-refractivity contribution in [3.63, 3.8) is 0 Å². The van der Waals surface area contributed by atoms with Crippen LogP contribution in [0, 0.1) is 5.41 Å². The minimum atomic E-state index is -3.37. The van der Waals surface area contributed by atoms with Crippen molar-refractivity contribution in [3.8, 4) is 0 Å². The number of nitrogens with one attached hydrogen (secondary N) is 2. The third-order valence-corrected chi connectivity index (χ3v) is 5.46. The summed E-state index contributed by atoms with van der Waals surface area (Å²) >= 11 is 1.46. The van der Waals surface area contributed by atoms with Gasteiger partial charge in [0.2, 0.25) is 10.0 Å². The molecule has 1 aromatic rings. The smallest absolute Gasteiger partial charge is 0.241 e. The molecule has 0 aliphatic carbocycles. The van der Waals surface area contributed by atoms with Crippen molar-refractivity contribution in [1.82, 2.24) is 10.0 Å². The van der Waals surface area contributed by atoms with Crippen molar-refractivity contribution >= 4 is 21.4 Å². The van der Waals surface area contributed by atoms with E-state index in [1.54, 1.807) is 11.4 Å². The molecule has 0 saturated heterocycles. The van der Waals surface area contributed by atoms with Crippen LogP contribution >= 0.6 is 11.3 Å². The maximum atomic E-state index is 12.1. The molecule has 0 aliphatic rings. The van der Waals surface area contributed by atoms with Gasteiger partial charge in [-0.2, -0.15) is 0 Å². The summed E-state index contributed by atoms with van der Waals surface area (Å²) in [6, 6.07) is 1.72. The second-order valence-electron chi connectivity index (χ2n) is 5.12. The van der Waals surface area contributed by atoms with Crippen LogP contribution in [0.4, 0.5) is 0 Å². The molecule has 0 aliphatic heterocycles.